The molecule has 0 saturated carbocycles. The topological polar surface area (TPSA) is 29.1 Å². The minimum Gasteiger partial charge on any atom is -0.348 e. The molecule has 0 atom stereocenters. The van der Waals surface area contributed by atoms with Gasteiger partial charge in [0, 0.05) is 27.2 Å². The Morgan fingerprint density at radius 3 is 2.26 bits per heavy atom. The fourth-order valence-electron chi connectivity index (χ4n) is 1.62. The van der Waals surface area contributed by atoms with Gasteiger partial charge in [0.2, 0.25) is 0 Å². The Morgan fingerprint density at radius 2 is 1.63 bits per heavy atom. The summed E-state index contributed by atoms with van der Waals surface area (Å²) < 4.78 is 0. The summed E-state index contributed by atoms with van der Waals surface area (Å²) in [5.41, 5.74) is 1.36. The first kappa shape index (κ1) is 14.2. The minimum absolute atomic E-state index is 0.232. The fraction of sp³-hybridized carbons (Fsp3) is 0.0714. The zero-order chi connectivity index (χ0) is 13.8. The quantitative estimate of drug-likeness (QED) is 0.883. The molecule has 0 fully saturated rings. The molecule has 0 aliphatic carbocycles. The summed E-state index contributed by atoms with van der Waals surface area (Å²) in [6.07, 6.45) is 0. The molecule has 0 spiro atoms. The fourth-order valence-corrected chi connectivity index (χ4v) is 2.36. The third-order valence-electron chi connectivity index (χ3n) is 2.47. The molecule has 2 rings (SSSR count). The van der Waals surface area contributed by atoms with E-state index >= 15 is 0 Å². The number of rotatable bonds is 3. The van der Waals surface area contributed by atoms with E-state index in [-0.39, 0.29) is 5.91 Å². The van der Waals surface area contributed by atoms with E-state index in [1.807, 2.05) is 12.1 Å². The molecule has 0 bridgehead atoms. The van der Waals surface area contributed by atoms with Gasteiger partial charge in [-0.25, -0.2) is 0 Å². The van der Waals surface area contributed by atoms with Crippen molar-refractivity contribution in [2.45, 2.75) is 6.54 Å². The van der Waals surface area contributed by atoms with Crippen LogP contribution in [0.25, 0.3) is 0 Å². The van der Waals surface area contributed by atoms with E-state index in [1.165, 1.54) is 0 Å². The van der Waals surface area contributed by atoms with Crippen molar-refractivity contribution in [3.63, 3.8) is 0 Å². The average molecular weight is 315 g/mol. The predicted octanol–water partition coefficient (Wildman–Crippen LogP) is 4.58. The molecule has 1 amide bonds. The summed E-state index contributed by atoms with van der Waals surface area (Å²) in [4.78, 5) is 11.9. The van der Waals surface area contributed by atoms with E-state index in [0.29, 0.717) is 27.2 Å². The molecule has 0 heterocycles. The lowest BCUT2D eigenvalue weighted by Gasteiger charge is -2.06. The molecule has 0 unspecified atom stereocenters. The van der Waals surface area contributed by atoms with E-state index in [2.05, 4.69) is 5.32 Å². The Labute approximate surface area is 126 Å². The second-order valence-corrected chi connectivity index (χ2v) is 5.28. The Kier molecular flexibility index (Phi) is 4.70. The van der Waals surface area contributed by atoms with Crippen LogP contribution in [0.5, 0.6) is 0 Å². The summed E-state index contributed by atoms with van der Waals surface area (Å²) in [5.74, 6) is -0.232. The zero-order valence-electron chi connectivity index (χ0n) is 9.79. The highest BCUT2D eigenvalue weighted by atomic mass is 35.5. The average Bonchev–Trinajstić information content (AvgIpc) is 2.35. The molecule has 19 heavy (non-hydrogen) atoms. The van der Waals surface area contributed by atoms with Crippen LogP contribution in [0, 0.1) is 0 Å². The van der Waals surface area contributed by atoms with Crippen LogP contribution >= 0.6 is 34.8 Å². The van der Waals surface area contributed by atoms with E-state index in [9.17, 15) is 4.79 Å². The third-order valence-corrected chi connectivity index (χ3v) is 3.14. The van der Waals surface area contributed by atoms with Crippen LogP contribution in [0.4, 0.5) is 0 Å². The maximum Gasteiger partial charge on any atom is 0.251 e. The van der Waals surface area contributed by atoms with E-state index < -0.39 is 0 Å². The number of hydrogen-bond acceptors (Lipinski definition) is 1. The van der Waals surface area contributed by atoms with Crippen molar-refractivity contribution < 1.29 is 4.79 Å². The number of halogens is 3. The number of carbonyl (C=O) groups excluding carboxylic acids is 1. The van der Waals surface area contributed by atoms with Gasteiger partial charge in [-0.05, 0) is 35.9 Å². The smallest absolute Gasteiger partial charge is 0.251 e. The van der Waals surface area contributed by atoms with Gasteiger partial charge in [-0.3, -0.25) is 4.79 Å². The molecule has 5 heteroatoms. The van der Waals surface area contributed by atoms with Gasteiger partial charge in [-0.15, -0.1) is 0 Å². The highest BCUT2D eigenvalue weighted by Crippen LogP contribution is 2.19. The number of carbonyl (C=O) groups is 1. The molecule has 0 saturated heterocycles. The Bertz CT molecular complexity index is 593. The van der Waals surface area contributed by atoms with Crippen molar-refractivity contribution in [1.29, 1.82) is 0 Å². The highest BCUT2D eigenvalue weighted by molar-refractivity contribution is 6.35. The highest BCUT2D eigenvalue weighted by Gasteiger charge is 2.07. The van der Waals surface area contributed by atoms with Gasteiger partial charge < -0.3 is 5.32 Å². The third kappa shape index (κ3) is 4.13. The second-order valence-electron chi connectivity index (χ2n) is 3.97. The van der Waals surface area contributed by atoms with Gasteiger partial charge in [0.25, 0.3) is 5.91 Å². The number of benzene rings is 2. The summed E-state index contributed by atoms with van der Waals surface area (Å²) in [5, 5.41) is 4.28. The molecule has 0 aliphatic heterocycles. The maximum absolute atomic E-state index is 11.9. The van der Waals surface area contributed by atoms with Crippen molar-refractivity contribution in [2.75, 3.05) is 0 Å². The SMILES string of the molecule is O=C(NCc1cccc(Cl)c1)c1cc(Cl)cc(Cl)c1. The Balaban J connectivity index is 2.05. The lowest BCUT2D eigenvalue weighted by Crippen LogP contribution is -2.22. The summed E-state index contributed by atoms with van der Waals surface area (Å²) in [6.45, 7) is 0.392. The van der Waals surface area contributed by atoms with Crippen LogP contribution in [0.15, 0.2) is 42.5 Å². The van der Waals surface area contributed by atoms with Crippen LogP contribution in [0.2, 0.25) is 15.1 Å². The minimum atomic E-state index is -0.232. The molecule has 0 aromatic heterocycles. The van der Waals surface area contributed by atoms with Crippen LogP contribution in [-0.4, -0.2) is 5.91 Å². The second kappa shape index (κ2) is 6.29. The summed E-state index contributed by atoms with van der Waals surface area (Å²) >= 11 is 17.6. The molecule has 2 nitrogen and oxygen atoms in total. The molecular weight excluding hydrogens is 305 g/mol. The summed E-state index contributed by atoms with van der Waals surface area (Å²) in [7, 11) is 0. The van der Waals surface area contributed by atoms with Crippen LogP contribution < -0.4 is 5.32 Å². The molecular formula is C14H10Cl3NO. The van der Waals surface area contributed by atoms with E-state index in [0.717, 1.165) is 5.56 Å². The van der Waals surface area contributed by atoms with Crippen molar-refractivity contribution >= 4 is 40.7 Å². The van der Waals surface area contributed by atoms with Crippen molar-refractivity contribution in [1.82, 2.24) is 5.32 Å². The van der Waals surface area contributed by atoms with Gasteiger partial charge in [0.05, 0.1) is 0 Å². The Morgan fingerprint density at radius 1 is 0.947 bits per heavy atom. The lowest BCUT2D eigenvalue weighted by molar-refractivity contribution is 0.0951. The van der Waals surface area contributed by atoms with Crippen molar-refractivity contribution in [3.8, 4) is 0 Å². The number of amides is 1. The maximum atomic E-state index is 11.9. The lowest BCUT2D eigenvalue weighted by atomic mass is 10.2. The van der Waals surface area contributed by atoms with Crippen molar-refractivity contribution in [3.05, 3.63) is 68.7 Å². The van der Waals surface area contributed by atoms with E-state index in [1.54, 1.807) is 30.3 Å². The van der Waals surface area contributed by atoms with Crippen LogP contribution in [-0.2, 0) is 6.54 Å². The molecule has 2 aromatic carbocycles. The zero-order valence-corrected chi connectivity index (χ0v) is 12.1. The number of nitrogens with one attached hydrogen (secondary N) is 1. The van der Waals surface area contributed by atoms with Gasteiger partial charge >= 0.3 is 0 Å². The van der Waals surface area contributed by atoms with Crippen molar-refractivity contribution in [2.24, 2.45) is 0 Å². The molecule has 98 valence electrons. The molecule has 1 N–H and O–H groups in total. The van der Waals surface area contributed by atoms with Crippen LogP contribution in [0.3, 0.4) is 0 Å². The largest absolute Gasteiger partial charge is 0.348 e. The first-order chi connectivity index (χ1) is 9.04. The predicted molar refractivity (Wildman–Crippen MR) is 79.1 cm³/mol. The van der Waals surface area contributed by atoms with Crippen LogP contribution in [0.1, 0.15) is 15.9 Å². The first-order valence-corrected chi connectivity index (χ1v) is 6.67. The standard InChI is InChI=1S/C14H10Cl3NO/c15-11-3-1-2-9(4-11)8-18-14(19)10-5-12(16)7-13(17)6-10/h1-7H,8H2,(H,18,19). The molecule has 0 aliphatic rings. The number of hydrogen-bond donors (Lipinski definition) is 1. The molecule has 0 radical (unpaired) electrons. The summed E-state index contributed by atoms with van der Waals surface area (Å²) in [6, 6.07) is 12.0. The van der Waals surface area contributed by atoms with Gasteiger partial charge in [-0.1, -0.05) is 46.9 Å². The monoisotopic (exact) mass is 313 g/mol. The Hall–Kier alpha value is -1.22. The van der Waals surface area contributed by atoms with Gasteiger partial charge in [-0.2, -0.15) is 0 Å². The molecule has 2 aromatic rings. The van der Waals surface area contributed by atoms with E-state index in [4.69, 9.17) is 34.8 Å². The normalized spacial score (nSPS) is 10.3. The first-order valence-electron chi connectivity index (χ1n) is 5.53. The van der Waals surface area contributed by atoms with Gasteiger partial charge in [0.1, 0.15) is 0 Å². The van der Waals surface area contributed by atoms with Gasteiger partial charge in [0.15, 0.2) is 0 Å².